The van der Waals surface area contributed by atoms with E-state index in [4.69, 9.17) is 14.0 Å². The molecule has 3 fully saturated rings. The quantitative estimate of drug-likeness (QED) is 0.798. The Labute approximate surface area is 154 Å². The van der Waals surface area contributed by atoms with Crippen LogP contribution in [0.1, 0.15) is 56.2 Å². The van der Waals surface area contributed by atoms with Crippen LogP contribution in [0, 0.1) is 11.8 Å². The molecule has 1 aromatic rings. The molecule has 1 unspecified atom stereocenters. The highest BCUT2D eigenvalue weighted by Gasteiger charge is 2.32. The molecule has 0 N–H and O–H groups in total. The lowest BCUT2D eigenvalue weighted by Gasteiger charge is -2.26. The standard InChI is InChI=1S/C19H29N3O4/c23-19(16-6-11-25-12-7-16)22-8-3-14(13-22)1-2-17-20-18(26-21-17)15-4-9-24-10-5-15/h14-16H,1-13H2. The molecule has 1 aromatic heterocycles. The molecular formula is C19H29N3O4. The first-order valence-electron chi connectivity index (χ1n) is 10.1. The van der Waals surface area contributed by atoms with Crippen molar-refractivity contribution in [2.24, 2.45) is 11.8 Å². The number of rotatable bonds is 5. The number of aromatic nitrogens is 2. The molecule has 3 aliphatic rings. The predicted molar refractivity (Wildman–Crippen MR) is 93.6 cm³/mol. The van der Waals surface area contributed by atoms with E-state index in [1.54, 1.807) is 0 Å². The highest BCUT2D eigenvalue weighted by Crippen LogP contribution is 2.27. The topological polar surface area (TPSA) is 77.7 Å². The molecule has 144 valence electrons. The van der Waals surface area contributed by atoms with Gasteiger partial charge >= 0.3 is 0 Å². The summed E-state index contributed by atoms with van der Waals surface area (Å²) in [5.74, 6) is 2.97. The Balaban J connectivity index is 1.23. The summed E-state index contributed by atoms with van der Waals surface area (Å²) >= 11 is 0. The number of hydrogen-bond donors (Lipinski definition) is 0. The van der Waals surface area contributed by atoms with Crippen molar-refractivity contribution in [3.05, 3.63) is 11.7 Å². The second-order valence-electron chi connectivity index (χ2n) is 7.80. The van der Waals surface area contributed by atoms with Gasteiger partial charge in [0, 0.05) is 57.8 Å². The van der Waals surface area contributed by atoms with Gasteiger partial charge in [-0.25, -0.2) is 0 Å². The zero-order valence-electron chi connectivity index (χ0n) is 15.4. The first kappa shape index (κ1) is 17.9. The molecular weight excluding hydrogens is 334 g/mol. The summed E-state index contributed by atoms with van der Waals surface area (Å²) in [6.45, 7) is 4.77. The summed E-state index contributed by atoms with van der Waals surface area (Å²) in [5, 5.41) is 4.16. The molecule has 26 heavy (non-hydrogen) atoms. The minimum Gasteiger partial charge on any atom is -0.381 e. The Morgan fingerprint density at radius 2 is 1.77 bits per heavy atom. The number of aryl methyl sites for hydroxylation is 1. The summed E-state index contributed by atoms with van der Waals surface area (Å²) in [6, 6.07) is 0. The molecule has 0 spiro atoms. The number of hydrogen-bond acceptors (Lipinski definition) is 6. The molecule has 1 atom stereocenters. The van der Waals surface area contributed by atoms with Crippen molar-refractivity contribution < 1.29 is 18.8 Å². The number of carbonyl (C=O) groups is 1. The number of ether oxygens (including phenoxy) is 2. The van der Waals surface area contributed by atoms with Gasteiger partial charge in [-0.1, -0.05) is 5.16 Å². The Morgan fingerprint density at radius 3 is 2.54 bits per heavy atom. The van der Waals surface area contributed by atoms with Crippen LogP contribution in [0.5, 0.6) is 0 Å². The third-order valence-electron chi connectivity index (χ3n) is 6.00. The fourth-order valence-corrected chi connectivity index (χ4v) is 4.28. The average Bonchev–Trinajstić information content (AvgIpc) is 3.37. The predicted octanol–water partition coefficient (Wildman–Crippen LogP) is 2.17. The second-order valence-corrected chi connectivity index (χ2v) is 7.80. The molecule has 7 nitrogen and oxygen atoms in total. The van der Waals surface area contributed by atoms with Crippen molar-refractivity contribution in [1.82, 2.24) is 15.0 Å². The molecule has 7 heteroatoms. The lowest BCUT2D eigenvalue weighted by Crippen LogP contribution is -2.37. The van der Waals surface area contributed by atoms with Crippen LogP contribution in [0.2, 0.25) is 0 Å². The molecule has 4 rings (SSSR count). The SMILES string of the molecule is O=C(C1CCOCC1)N1CCC(CCc2noc(C3CCOCC3)n2)C1. The van der Waals surface area contributed by atoms with Gasteiger partial charge < -0.3 is 18.9 Å². The lowest BCUT2D eigenvalue weighted by molar-refractivity contribution is -0.137. The van der Waals surface area contributed by atoms with Crippen LogP contribution in [0.4, 0.5) is 0 Å². The minimum absolute atomic E-state index is 0.168. The van der Waals surface area contributed by atoms with E-state index < -0.39 is 0 Å². The van der Waals surface area contributed by atoms with Crippen molar-refractivity contribution in [2.75, 3.05) is 39.5 Å². The Morgan fingerprint density at radius 1 is 1.04 bits per heavy atom. The third-order valence-corrected chi connectivity index (χ3v) is 6.00. The minimum atomic E-state index is 0.168. The summed E-state index contributed by atoms with van der Waals surface area (Å²) in [5.41, 5.74) is 0. The van der Waals surface area contributed by atoms with Crippen LogP contribution < -0.4 is 0 Å². The van der Waals surface area contributed by atoms with Crippen LogP contribution in [0.15, 0.2) is 4.52 Å². The monoisotopic (exact) mass is 363 g/mol. The van der Waals surface area contributed by atoms with Crippen molar-refractivity contribution in [3.8, 4) is 0 Å². The van der Waals surface area contributed by atoms with Gasteiger partial charge in [-0.2, -0.15) is 4.98 Å². The maximum Gasteiger partial charge on any atom is 0.229 e. The smallest absolute Gasteiger partial charge is 0.229 e. The van der Waals surface area contributed by atoms with E-state index in [2.05, 4.69) is 15.0 Å². The van der Waals surface area contributed by atoms with E-state index in [1.165, 1.54) is 0 Å². The van der Waals surface area contributed by atoms with Gasteiger partial charge in [0.15, 0.2) is 5.82 Å². The zero-order chi connectivity index (χ0) is 17.8. The molecule has 1 amide bonds. The van der Waals surface area contributed by atoms with Gasteiger partial charge in [-0.15, -0.1) is 0 Å². The molecule has 0 bridgehead atoms. The summed E-state index contributed by atoms with van der Waals surface area (Å²) in [7, 11) is 0. The van der Waals surface area contributed by atoms with Crippen LogP contribution in [-0.4, -0.2) is 60.5 Å². The number of amides is 1. The molecule has 0 aromatic carbocycles. The number of nitrogens with zero attached hydrogens (tertiary/aromatic N) is 3. The van der Waals surface area contributed by atoms with Crippen LogP contribution in [-0.2, 0) is 20.7 Å². The van der Waals surface area contributed by atoms with Gasteiger partial charge in [0.05, 0.1) is 0 Å². The third kappa shape index (κ3) is 4.26. The molecule has 3 aliphatic heterocycles. The highest BCUT2D eigenvalue weighted by molar-refractivity contribution is 5.79. The van der Waals surface area contributed by atoms with Crippen LogP contribution in [0.3, 0.4) is 0 Å². The van der Waals surface area contributed by atoms with Crippen molar-refractivity contribution in [1.29, 1.82) is 0 Å². The molecule has 0 aliphatic carbocycles. The highest BCUT2D eigenvalue weighted by atomic mass is 16.5. The van der Waals surface area contributed by atoms with E-state index in [9.17, 15) is 4.79 Å². The van der Waals surface area contributed by atoms with Gasteiger partial charge in [0.1, 0.15) is 0 Å². The average molecular weight is 363 g/mol. The fourth-order valence-electron chi connectivity index (χ4n) is 4.28. The van der Waals surface area contributed by atoms with Gasteiger partial charge in [0.25, 0.3) is 0 Å². The Bertz CT molecular complexity index is 593. The maximum atomic E-state index is 12.6. The number of carbonyl (C=O) groups excluding carboxylic acids is 1. The second kappa shape index (κ2) is 8.48. The largest absolute Gasteiger partial charge is 0.381 e. The van der Waals surface area contributed by atoms with Gasteiger partial charge in [0.2, 0.25) is 11.8 Å². The van der Waals surface area contributed by atoms with E-state index >= 15 is 0 Å². The first-order chi connectivity index (χ1) is 12.8. The summed E-state index contributed by atoms with van der Waals surface area (Å²) < 4.78 is 16.2. The normalized spacial score (nSPS) is 25.7. The van der Waals surface area contributed by atoms with E-state index in [0.717, 1.165) is 96.2 Å². The van der Waals surface area contributed by atoms with Crippen molar-refractivity contribution in [3.63, 3.8) is 0 Å². The Kier molecular flexibility index (Phi) is 5.84. The zero-order valence-corrected chi connectivity index (χ0v) is 15.4. The van der Waals surface area contributed by atoms with Crippen LogP contribution >= 0.6 is 0 Å². The Hall–Kier alpha value is -1.47. The van der Waals surface area contributed by atoms with E-state index in [0.29, 0.717) is 17.7 Å². The summed E-state index contributed by atoms with van der Waals surface area (Å²) in [4.78, 5) is 19.3. The first-order valence-corrected chi connectivity index (χ1v) is 10.1. The van der Waals surface area contributed by atoms with Crippen molar-refractivity contribution in [2.45, 2.75) is 50.9 Å². The maximum absolute atomic E-state index is 12.6. The molecule has 0 radical (unpaired) electrons. The molecule has 3 saturated heterocycles. The molecule has 4 heterocycles. The summed E-state index contributed by atoms with van der Waals surface area (Å²) in [6.07, 6.45) is 6.61. The van der Waals surface area contributed by atoms with Gasteiger partial charge in [-0.3, -0.25) is 4.79 Å². The fraction of sp³-hybridized carbons (Fsp3) is 0.842. The lowest BCUT2D eigenvalue weighted by atomic mass is 9.98. The molecule has 0 saturated carbocycles. The number of likely N-dealkylation sites (tertiary alicyclic amines) is 1. The van der Waals surface area contributed by atoms with E-state index in [1.807, 2.05) is 0 Å². The van der Waals surface area contributed by atoms with Gasteiger partial charge in [-0.05, 0) is 44.4 Å². The van der Waals surface area contributed by atoms with E-state index in [-0.39, 0.29) is 5.92 Å². The van der Waals surface area contributed by atoms with Crippen molar-refractivity contribution >= 4 is 5.91 Å². The van der Waals surface area contributed by atoms with Crippen LogP contribution in [0.25, 0.3) is 0 Å².